The van der Waals surface area contributed by atoms with Crippen molar-refractivity contribution in [1.82, 2.24) is 10.6 Å². The molecule has 2 atom stereocenters. The van der Waals surface area contributed by atoms with Crippen molar-refractivity contribution in [3.05, 3.63) is 0 Å². The molecule has 0 bridgehead atoms. The lowest BCUT2D eigenvalue weighted by molar-refractivity contribution is -0.124. The molecule has 0 fully saturated rings. The molecule has 0 heterocycles. The molecule has 0 aliphatic heterocycles. The molecule has 18 heavy (non-hydrogen) atoms. The molecule has 0 rings (SSSR count). The van der Waals surface area contributed by atoms with Gasteiger partial charge in [0.15, 0.2) is 0 Å². The van der Waals surface area contributed by atoms with Crippen LogP contribution in [0.15, 0.2) is 0 Å². The number of hydrogen-bond acceptors (Lipinski definition) is 3. The summed E-state index contributed by atoms with van der Waals surface area (Å²) in [4.78, 5) is 23.4. The van der Waals surface area contributed by atoms with Gasteiger partial charge in [0.2, 0.25) is 5.91 Å². The van der Waals surface area contributed by atoms with Crippen LogP contribution in [0.25, 0.3) is 0 Å². The molecule has 5 heteroatoms. The van der Waals surface area contributed by atoms with Gasteiger partial charge in [0.25, 0.3) is 0 Å². The van der Waals surface area contributed by atoms with Crippen LogP contribution in [0.5, 0.6) is 0 Å². The first-order valence-corrected chi connectivity index (χ1v) is 6.53. The summed E-state index contributed by atoms with van der Waals surface area (Å²) in [7, 11) is 0. The third-order valence-corrected chi connectivity index (χ3v) is 2.87. The van der Waals surface area contributed by atoms with Crippen LogP contribution in [0, 0.1) is 11.8 Å². The highest BCUT2D eigenvalue weighted by atomic mass is 16.5. The van der Waals surface area contributed by atoms with Crippen molar-refractivity contribution in [2.45, 2.75) is 53.6 Å². The Bertz CT molecular complexity index is 277. The van der Waals surface area contributed by atoms with E-state index in [1.165, 1.54) is 0 Å². The van der Waals surface area contributed by atoms with E-state index < -0.39 is 12.1 Å². The summed E-state index contributed by atoms with van der Waals surface area (Å²) < 4.78 is 4.80. The van der Waals surface area contributed by atoms with Gasteiger partial charge in [0, 0.05) is 6.04 Å². The largest absolute Gasteiger partial charge is 0.450 e. The van der Waals surface area contributed by atoms with Crippen molar-refractivity contribution in [2.24, 2.45) is 11.8 Å². The molecule has 0 aromatic heterocycles. The fourth-order valence-corrected chi connectivity index (χ4v) is 1.32. The first-order valence-electron chi connectivity index (χ1n) is 6.53. The average Bonchev–Trinajstić information content (AvgIpc) is 2.25. The maximum absolute atomic E-state index is 12.1. The number of nitrogens with one attached hydrogen (secondary N) is 2. The van der Waals surface area contributed by atoms with Crippen molar-refractivity contribution in [3.8, 4) is 0 Å². The van der Waals surface area contributed by atoms with Gasteiger partial charge in [-0.2, -0.15) is 0 Å². The molecule has 0 saturated heterocycles. The molecule has 0 aliphatic rings. The van der Waals surface area contributed by atoms with Crippen LogP contribution in [0.2, 0.25) is 0 Å². The third kappa shape index (κ3) is 5.89. The van der Waals surface area contributed by atoms with Crippen molar-refractivity contribution >= 4 is 12.0 Å². The first-order chi connectivity index (χ1) is 8.29. The van der Waals surface area contributed by atoms with Crippen LogP contribution in [-0.2, 0) is 9.53 Å². The predicted molar refractivity (Wildman–Crippen MR) is 71.2 cm³/mol. The monoisotopic (exact) mass is 258 g/mol. The average molecular weight is 258 g/mol. The van der Waals surface area contributed by atoms with E-state index in [1.807, 2.05) is 34.6 Å². The number of amides is 2. The maximum atomic E-state index is 12.1. The topological polar surface area (TPSA) is 67.4 Å². The molecule has 2 N–H and O–H groups in total. The van der Waals surface area contributed by atoms with E-state index in [1.54, 1.807) is 6.92 Å². The Hall–Kier alpha value is -1.26. The summed E-state index contributed by atoms with van der Waals surface area (Å²) in [5, 5.41) is 5.49. The Morgan fingerprint density at radius 1 is 1.00 bits per heavy atom. The molecule has 106 valence electrons. The Morgan fingerprint density at radius 3 is 1.94 bits per heavy atom. The molecule has 0 aromatic rings. The van der Waals surface area contributed by atoms with Gasteiger partial charge in [-0.1, -0.05) is 27.7 Å². The minimum absolute atomic E-state index is 0.00812. The van der Waals surface area contributed by atoms with E-state index in [0.29, 0.717) is 12.5 Å². The molecule has 0 aromatic carbocycles. The van der Waals surface area contributed by atoms with E-state index >= 15 is 0 Å². The SMILES string of the molecule is CCOC(=O)N[C@@H](C(=O)N[C@@H](C)C(C)C)C(C)C. The third-order valence-electron chi connectivity index (χ3n) is 2.87. The van der Waals surface area contributed by atoms with E-state index in [9.17, 15) is 9.59 Å². The fraction of sp³-hybridized carbons (Fsp3) is 0.846. The van der Waals surface area contributed by atoms with Gasteiger partial charge in [-0.05, 0) is 25.7 Å². The Morgan fingerprint density at radius 2 is 1.56 bits per heavy atom. The number of rotatable bonds is 6. The minimum atomic E-state index is -0.565. The molecule has 0 unspecified atom stereocenters. The van der Waals surface area contributed by atoms with Crippen LogP contribution >= 0.6 is 0 Å². The van der Waals surface area contributed by atoms with Gasteiger partial charge in [-0.3, -0.25) is 4.79 Å². The number of alkyl carbamates (subject to hydrolysis) is 1. The van der Waals surface area contributed by atoms with Gasteiger partial charge in [0.1, 0.15) is 6.04 Å². The Labute approximate surface area is 110 Å². The maximum Gasteiger partial charge on any atom is 0.407 e. The summed E-state index contributed by atoms with van der Waals surface area (Å²) in [5.41, 5.74) is 0. The summed E-state index contributed by atoms with van der Waals surface area (Å²) in [5.74, 6) is 0.192. The number of carbonyl (C=O) groups is 2. The zero-order valence-electron chi connectivity index (χ0n) is 12.2. The quantitative estimate of drug-likeness (QED) is 0.765. The van der Waals surface area contributed by atoms with Crippen molar-refractivity contribution < 1.29 is 14.3 Å². The van der Waals surface area contributed by atoms with Crippen LogP contribution in [-0.4, -0.2) is 30.7 Å². The van der Waals surface area contributed by atoms with Crippen molar-refractivity contribution in [3.63, 3.8) is 0 Å². The fourth-order valence-electron chi connectivity index (χ4n) is 1.32. The van der Waals surface area contributed by atoms with E-state index in [4.69, 9.17) is 4.74 Å². The molecule has 5 nitrogen and oxygen atoms in total. The van der Waals surface area contributed by atoms with Crippen LogP contribution in [0.4, 0.5) is 4.79 Å². The van der Waals surface area contributed by atoms with Crippen LogP contribution < -0.4 is 10.6 Å². The van der Waals surface area contributed by atoms with Crippen LogP contribution in [0.1, 0.15) is 41.5 Å². The molecule has 0 aliphatic carbocycles. The molecule has 0 spiro atoms. The molecule has 2 amide bonds. The lowest BCUT2D eigenvalue weighted by Crippen LogP contribution is -2.52. The first kappa shape index (κ1) is 16.7. The standard InChI is InChI=1S/C13H26N2O3/c1-7-18-13(17)15-11(9(4)5)12(16)14-10(6)8(2)3/h8-11H,7H2,1-6H3,(H,14,16)(H,15,17)/t10-,11+/m0/s1. The lowest BCUT2D eigenvalue weighted by atomic mass is 10.0. The Kier molecular flexibility index (Phi) is 7.39. The minimum Gasteiger partial charge on any atom is -0.450 e. The van der Waals surface area contributed by atoms with E-state index in [2.05, 4.69) is 10.6 Å². The molecule has 0 radical (unpaired) electrons. The number of hydrogen-bond donors (Lipinski definition) is 2. The lowest BCUT2D eigenvalue weighted by Gasteiger charge is -2.25. The summed E-state index contributed by atoms with van der Waals surface area (Å²) in [6, 6.07) is -0.493. The highest BCUT2D eigenvalue weighted by Crippen LogP contribution is 2.05. The van der Waals surface area contributed by atoms with Crippen LogP contribution in [0.3, 0.4) is 0 Å². The van der Waals surface area contributed by atoms with Gasteiger partial charge in [-0.25, -0.2) is 4.79 Å². The summed E-state index contributed by atoms with van der Waals surface area (Å²) in [6.07, 6.45) is -0.552. The second-order valence-corrected chi connectivity index (χ2v) is 5.13. The van der Waals surface area contributed by atoms with Gasteiger partial charge in [0.05, 0.1) is 6.61 Å². The smallest absolute Gasteiger partial charge is 0.407 e. The predicted octanol–water partition coefficient (Wildman–Crippen LogP) is 1.92. The van der Waals surface area contributed by atoms with Gasteiger partial charge >= 0.3 is 6.09 Å². The van der Waals surface area contributed by atoms with E-state index in [0.717, 1.165) is 0 Å². The van der Waals surface area contributed by atoms with Gasteiger partial charge in [-0.15, -0.1) is 0 Å². The second kappa shape index (κ2) is 7.95. The summed E-state index contributed by atoms with van der Waals surface area (Å²) >= 11 is 0. The Balaban J connectivity index is 4.50. The van der Waals surface area contributed by atoms with Crippen molar-refractivity contribution in [1.29, 1.82) is 0 Å². The number of carbonyl (C=O) groups excluding carboxylic acids is 2. The van der Waals surface area contributed by atoms with E-state index in [-0.39, 0.29) is 17.9 Å². The zero-order chi connectivity index (χ0) is 14.3. The zero-order valence-corrected chi connectivity index (χ0v) is 12.2. The second-order valence-electron chi connectivity index (χ2n) is 5.13. The number of ether oxygens (including phenoxy) is 1. The van der Waals surface area contributed by atoms with Crippen molar-refractivity contribution in [2.75, 3.05) is 6.61 Å². The molecule has 0 saturated carbocycles. The molecular weight excluding hydrogens is 232 g/mol. The molecular formula is C13H26N2O3. The van der Waals surface area contributed by atoms with Gasteiger partial charge < -0.3 is 15.4 Å². The highest BCUT2D eigenvalue weighted by Gasteiger charge is 2.26. The highest BCUT2D eigenvalue weighted by molar-refractivity contribution is 5.86. The normalized spacial score (nSPS) is 14.2. The summed E-state index contributed by atoms with van der Waals surface area (Å²) in [6.45, 7) is 11.8.